The first-order valence-electron chi connectivity index (χ1n) is 2.69. The summed E-state index contributed by atoms with van der Waals surface area (Å²) in [5.41, 5.74) is 0. The van der Waals surface area contributed by atoms with Crippen LogP contribution >= 0.6 is 9.24 Å². The van der Waals surface area contributed by atoms with Crippen LogP contribution in [-0.2, 0) is 0 Å². The van der Waals surface area contributed by atoms with Gasteiger partial charge in [-0.05, 0) is 16.2 Å². The van der Waals surface area contributed by atoms with Crippen molar-refractivity contribution in [1.82, 2.24) is 0 Å². The van der Waals surface area contributed by atoms with Crippen LogP contribution in [0.5, 0.6) is 0 Å². The third-order valence-electron chi connectivity index (χ3n) is 0.402. The van der Waals surface area contributed by atoms with Gasteiger partial charge in [0, 0.05) is 0 Å². The first kappa shape index (κ1) is 12.6. The van der Waals surface area contributed by atoms with Crippen molar-refractivity contribution in [3.05, 3.63) is 12.2 Å². The zero-order valence-corrected chi connectivity index (χ0v) is 7.07. The van der Waals surface area contributed by atoms with Crippen molar-refractivity contribution in [3.8, 4) is 0 Å². The molecule has 0 aromatic carbocycles. The van der Waals surface area contributed by atoms with Crippen molar-refractivity contribution >= 4 is 16.5 Å². The van der Waals surface area contributed by atoms with Crippen LogP contribution in [0.15, 0.2) is 12.2 Å². The van der Waals surface area contributed by atoms with E-state index in [9.17, 15) is 17.3 Å². The Kier molecular flexibility index (Phi) is 8.91. The van der Waals surface area contributed by atoms with E-state index in [1.54, 1.807) is 0 Å². The fourth-order valence-electron chi connectivity index (χ4n) is 0.167. The molecule has 0 saturated carbocycles. The van der Waals surface area contributed by atoms with Crippen molar-refractivity contribution in [2.75, 3.05) is 6.16 Å². The lowest BCUT2D eigenvalue weighted by molar-refractivity contribution is 0.368. The highest BCUT2D eigenvalue weighted by Crippen LogP contribution is 2.06. The molecule has 0 N–H and O–H groups in total. The Morgan fingerprint density at radius 3 is 1.60 bits per heavy atom. The maximum Gasteiger partial charge on any atom is 0.673 e. The quantitative estimate of drug-likeness (QED) is 0.249. The van der Waals surface area contributed by atoms with Gasteiger partial charge in [0.1, 0.15) is 0 Å². The van der Waals surface area contributed by atoms with Gasteiger partial charge < -0.3 is 17.3 Å². The van der Waals surface area contributed by atoms with Gasteiger partial charge >= 0.3 is 7.25 Å². The third-order valence-corrected chi connectivity index (χ3v) is 0.736. The molecule has 0 amide bonds. The molecule has 0 aromatic rings. The van der Waals surface area contributed by atoms with E-state index in [0.29, 0.717) is 0 Å². The van der Waals surface area contributed by atoms with Crippen LogP contribution in [0.25, 0.3) is 0 Å². The molecular weight excluding hydrogens is 166 g/mol. The smallest absolute Gasteiger partial charge is 0.418 e. The van der Waals surface area contributed by atoms with Crippen LogP contribution in [0.4, 0.5) is 17.3 Å². The van der Waals surface area contributed by atoms with Gasteiger partial charge in [-0.1, -0.05) is 12.2 Å². The fraction of sp³-hybridized carbons (Fsp3) is 0.500. The molecule has 10 heavy (non-hydrogen) atoms. The molecule has 0 aliphatic carbocycles. The van der Waals surface area contributed by atoms with Gasteiger partial charge in [-0.2, -0.15) is 0 Å². The molecule has 0 fully saturated rings. The van der Waals surface area contributed by atoms with Crippen molar-refractivity contribution in [2.24, 2.45) is 0 Å². The first-order valence-corrected chi connectivity index (χ1v) is 3.69. The summed E-state index contributed by atoms with van der Waals surface area (Å²) in [4.78, 5) is 0. The van der Waals surface area contributed by atoms with Crippen LogP contribution < -0.4 is 0 Å². The van der Waals surface area contributed by atoms with Crippen molar-refractivity contribution in [3.63, 3.8) is 0 Å². The van der Waals surface area contributed by atoms with Crippen LogP contribution in [0.3, 0.4) is 0 Å². The average molecular weight is 176 g/mol. The normalized spacial score (nSPS) is 11.3. The zero-order valence-electron chi connectivity index (χ0n) is 5.66. The minimum absolute atomic E-state index is 1.19. The van der Waals surface area contributed by atoms with Gasteiger partial charge in [0.25, 0.3) is 0 Å². The Bertz CT molecular complexity index is 83.7. The Balaban J connectivity index is 0. The number of rotatable bonds is 1. The lowest BCUT2D eigenvalue weighted by Crippen LogP contribution is -2.02. The highest BCUT2D eigenvalue weighted by atomic mass is 31.0. The summed E-state index contributed by atoms with van der Waals surface area (Å²) >= 11 is 0. The molecule has 62 valence electrons. The molecule has 0 spiro atoms. The van der Waals surface area contributed by atoms with Crippen LogP contribution in [-0.4, -0.2) is 13.4 Å². The first-order chi connectivity index (χ1) is 4.41. The van der Waals surface area contributed by atoms with Crippen LogP contribution in [0, 0.1) is 0 Å². The summed E-state index contributed by atoms with van der Waals surface area (Å²) in [6.45, 7) is 2.04. The van der Waals surface area contributed by atoms with Gasteiger partial charge in [-0.3, -0.25) is 0 Å². The molecule has 0 aliphatic rings. The summed E-state index contributed by atoms with van der Waals surface area (Å²) in [6.07, 6.45) is 5.39. The molecule has 0 aliphatic heterocycles. The Morgan fingerprint density at radius 2 is 1.60 bits per heavy atom. The predicted molar refractivity (Wildman–Crippen MR) is 41.0 cm³/mol. The van der Waals surface area contributed by atoms with Gasteiger partial charge in [-0.25, -0.2) is 0 Å². The molecule has 6 heteroatoms. The van der Waals surface area contributed by atoms with Crippen LogP contribution in [0.1, 0.15) is 6.92 Å². The largest absolute Gasteiger partial charge is 0.673 e. The highest BCUT2D eigenvalue weighted by Gasteiger charge is 2.20. The number of hydrogen-bond donors (Lipinski definition) is 0. The van der Waals surface area contributed by atoms with Crippen molar-refractivity contribution in [2.45, 2.75) is 6.92 Å². The standard InChI is InChI=1S/C4H9P.BF4/c1-2-3-4-5;2-1(3,4)5/h2-3H,4-5H2,1H3;/q;-1/p+1. The monoisotopic (exact) mass is 176 g/mol. The maximum atomic E-state index is 9.75. The van der Waals surface area contributed by atoms with Crippen molar-refractivity contribution < 1.29 is 17.3 Å². The molecule has 0 bridgehead atoms. The van der Waals surface area contributed by atoms with E-state index in [4.69, 9.17) is 0 Å². The fourth-order valence-corrected chi connectivity index (χ4v) is 0.500. The average Bonchev–Trinajstić information content (AvgIpc) is 1.63. The Morgan fingerprint density at radius 1 is 1.30 bits per heavy atom. The van der Waals surface area contributed by atoms with Crippen molar-refractivity contribution in [1.29, 1.82) is 0 Å². The van der Waals surface area contributed by atoms with Gasteiger partial charge in [0.2, 0.25) is 0 Å². The molecule has 0 heterocycles. The maximum absolute atomic E-state index is 9.75. The molecular formula is C4H10BF4P. The van der Waals surface area contributed by atoms with E-state index in [1.807, 2.05) is 16.2 Å². The zero-order chi connectivity index (χ0) is 8.62. The summed E-state index contributed by atoms with van der Waals surface area (Å²) < 4.78 is 39.0. The number of allylic oxidation sites excluding steroid dienone is 2. The molecule has 1 unspecified atom stereocenters. The Labute approximate surface area is 60.0 Å². The molecule has 0 nitrogen and oxygen atoms in total. The Hall–Kier alpha value is -0.0451. The predicted octanol–water partition coefficient (Wildman–Crippen LogP) is 2.47. The molecule has 0 saturated heterocycles. The van der Waals surface area contributed by atoms with E-state index in [0.717, 1.165) is 0 Å². The second kappa shape index (κ2) is 7.07. The van der Waals surface area contributed by atoms with Gasteiger partial charge in [-0.15, -0.1) is 0 Å². The minimum Gasteiger partial charge on any atom is -0.418 e. The van der Waals surface area contributed by atoms with E-state index in [-0.39, 0.29) is 0 Å². The second-order valence-electron chi connectivity index (χ2n) is 1.35. The van der Waals surface area contributed by atoms with Gasteiger partial charge in [0.05, 0.1) is 6.16 Å². The van der Waals surface area contributed by atoms with Gasteiger partial charge in [0.15, 0.2) is 0 Å². The van der Waals surface area contributed by atoms with Crippen LogP contribution in [0.2, 0.25) is 0 Å². The number of halogens is 4. The topological polar surface area (TPSA) is 0 Å². The number of hydrogen-bond acceptors (Lipinski definition) is 0. The lowest BCUT2D eigenvalue weighted by atomic mass is 10.3. The lowest BCUT2D eigenvalue weighted by Gasteiger charge is -1.94. The summed E-state index contributed by atoms with van der Waals surface area (Å²) in [5.74, 6) is 0. The molecule has 0 aromatic heterocycles. The third kappa shape index (κ3) is 101. The highest BCUT2D eigenvalue weighted by molar-refractivity contribution is 7.16. The minimum atomic E-state index is -6.00. The molecule has 1 atom stereocenters. The van der Waals surface area contributed by atoms with E-state index in [2.05, 4.69) is 12.2 Å². The summed E-state index contributed by atoms with van der Waals surface area (Å²) in [7, 11) is -4.04. The SMILES string of the molecule is CC=CC[PH3+].F[B-](F)(F)F. The van der Waals surface area contributed by atoms with E-state index >= 15 is 0 Å². The summed E-state index contributed by atoms with van der Waals surface area (Å²) in [5, 5.41) is 0. The van der Waals surface area contributed by atoms with E-state index < -0.39 is 7.25 Å². The molecule has 0 radical (unpaired) electrons. The molecule has 0 rings (SSSR count). The van der Waals surface area contributed by atoms with E-state index in [1.165, 1.54) is 6.16 Å². The second-order valence-corrected chi connectivity index (χ2v) is 1.93. The summed E-state index contributed by atoms with van der Waals surface area (Å²) in [6, 6.07) is 0.